The summed E-state index contributed by atoms with van der Waals surface area (Å²) in [5.41, 5.74) is 0. The molecule has 1 aliphatic rings. The molecule has 0 aromatic rings. The van der Waals surface area contributed by atoms with Gasteiger partial charge in [0.15, 0.2) is 16.6 Å². The van der Waals surface area contributed by atoms with E-state index in [1.165, 1.54) is 18.9 Å². The standard InChI is InChI=1S/C20H46O6Si3.2CH4/c1-7-8-16-29(6,17-10-12-22-14-11-21)26-28(4,5)25-27(2,3)15-9-13-23-18-20-19-24-20;;/h20-21H,7-19H2,1-6H3;2*1H4. The van der Waals surface area contributed by atoms with Crippen LogP contribution in [0.25, 0.3) is 0 Å². The van der Waals surface area contributed by atoms with Crippen LogP contribution >= 0.6 is 0 Å². The van der Waals surface area contributed by atoms with Crippen molar-refractivity contribution in [2.75, 3.05) is 39.6 Å². The Morgan fingerprint density at radius 2 is 1.42 bits per heavy atom. The molecule has 0 bridgehead atoms. The summed E-state index contributed by atoms with van der Waals surface area (Å²) in [7, 11) is -5.82. The third-order valence-electron chi connectivity index (χ3n) is 5.08. The minimum atomic E-state index is -2.19. The molecular weight excluding hydrogens is 444 g/mol. The average Bonchev–Trinajstić information content (AvgIpc) is 3.42. The van der Waals surface area contributed by atoms with Gasteiger partial charge in [-0.1, -0.05) is 34.6 Å². The van der Waals surface area contributed by atoms with E-state index in [0.29, 0.717) is 19.3 Å². The van der Waals surface area contributed by atoms with E-state index in [1.54, 1.807) is 0 Å². The molecule has 0 aromatic heterocycles. The average molecular weight is 499 g/mol. The van der Waals surface area contributed by atoms with Gasteiger partial charge in [0, 0.05) is 13.2 Å². The zero-order chi connectivity index (χ0) is 21.8. The van der Waals surface area contributed by atoms with E-state index in [2.05, 4.69) is 39.7 Å². The molecule has 0 amide bonds. The Labute approximate surface area is 196 Å². The second-order valence-electron chi connectivity index (χ2n) is 9.49. The van der Waals surface area contributed by atoms with Crippen molar-refractivity contribution < 1.29 is 27.5 Å². The van der Waals surface area contributed by atoms with Crippen LogP contribution in [-0.4, -0.2) is 76.0 Å². The molecule has 0 saturated carbocycles. The molecule has 1 fully saturated rings. The molecule has 31 heavy (non-hydrogen) atoms. The third-order valence-corrected chi connectivity index (χ3v) is 17.6. The second kappa shape index (κ2) is 16.9. The van der Waals surface area contributed by atoms with Crippen LogP contribution in [0.5, 0.6) is 0 Å². The monoisotopic (exact) mass is 498 g/mol. The van der Waals surface area contributed by atoms with Gasteiger partial charge in [-0.2, -0.15) is 0 Å². The Morgan fingerprint density at radius 3 is 2.00 bits per heavy atom. The van der Waals surface area contributed by atoms with Crippen molar-refractivity contribution in [3.8, 4) is 0 Å². The van der Waals surface area contributed by atoms with Gasteiger partial charge in [-0.05, 0) is 63.7 Å². The number of aliphatic hydroxyl groups is 1. The van der Waals surface area contributed by atoms with Crippen LogP contribution in [0, 0.1) is 0 Å². The number of aliphatic hydroxyl groups excluding tert-OH is 1. The quantitative estimate of drug-likeness (QED) is 0.138. The number of hydrogen-bond acceptors (Lipinski definition) is 6. The Hall–Kier alpha value is 0.411. The second-order valence-corrected chi connectivity index (χ2v) is 21.8. The molecule has 190 valence electrons. The van der Waals surface area contributed by atoms with Gasteiger partial charge < -0.3 is 27.5 Å². The summed E-state index contributed by atoms with van der Waals surface area (Å²) >= 11 is 0. The first-order valence-electron chi connectivity index (χ1n) is 11.4. The highest BCUT2D eigenvalue weighted by molar-refractivity contribution is 6.88. The summed E-state index contributed by atoms with van der Waals surface area (Å²) in [6.07, 6.45) is 4.80. The van der Waals surface area contributed by atoms with E-state index in [4.69, 9.17) is 27.5 Å². The summed E-state index contributed by atoms with van der Waals surface area (Å²) < 4.78 is 29.9. The van der Waals surface area contributed by atoms with Gasteiger partial charge in [-0.3, -0.25) is 0 Å². The summed E-state index contributed by atoms with van der Waals surface area (Å²) in [6, 6.07) is 3.38. The maximum atomic E-state index is 8.86. The molecule has 0 radical (unpaired) electrons. The molecule has 6 nitrogen and oxygen atoms in total. The highest BCUT2D eigenvalue weighted by atomic mass is 28.5. The molecule has 1 N–H and O–H groups in total. The van der Waals surface area contributed by atoms with Gasteiger partial charge in [-0.15, -0.1) is 0 Å². The molecular formula is C22H54O6Si3. The normalized spacial score (nSPS) is 18.1. The van der Waals surface area contributed by atoms with E-state index in [0.717, 1.165) is 44.8 Å². The minimum Gasteiger partial charge on any atom is -0.437 e. The first-order chi connectivity index (χ1) is 13.6. The van der Waals surface area contributed by atoms with Crippen LogP contribution in [0.3, 0.4) is 0 Å². The van der Waals surface area contributed by atoms with Gasteiger partial charge in [0.2, 0.25) is 0 Å². The van der Waals surface area contributed by atoms with Crippen LogP contribution < -0.4 is 0 Å². The lowest BCUT2D eigenvalue weighted by atomic mass is 10.4. The number of rotatable bonds is 19. The number of epoxide rings is 1. The lowest BCUT2D eigenvalue weighted by molar-refractivity contribution is 0.0923. The van der Waals surface area contributed by atoms with Crippen molar-refractivity contribution in [1.82, 2.24) is 0 Å². The van der Waals surface area contributed by atoms with Gasteiger partial charge in [-0.25, -0.2) is 0 Å². The van der Waals surface area contributed by atoms with Gasteiger partial charge in [0.1, 0.15) is 6.10 Å². The molecule has 0 aromatic carbocycles. The molecule has 1 rings (SSSR count). The lowest BCUT2D eigenvalue weighted by Gasteiger charge is -2.40. The van der Waals surface area contributed by atoms with Crippen molar-refractivity contribution in [2.45, 2.75) is 104 Å². The Bertz CT molecular complexity index is 435. The Kier molecular flexibility index (Phi) is 18.3. The zero-order valence-electron chi connectivity index (χ0n) is 19.8. The van der Waals surface area contributed by atoms with Crippen LogP contribution in [0.4, 0.5) is 0 Å². The topological polar surface area (TPSA) is 69.7 Å². The SMILES string of the molecule is C.C.CCCC[Si](C)(CCCOCCO)O[Si](C)(C)O[Si](C)(C)CCCOCC1CO1. The fraction of sp³-hybridized carbons (Fsp3) is 1.00. The molecule has 2 unspecified atom stereocenters. The predicted molar refractivity (Wildman–Crippen MR) is 139 cm³/mol. The molecule has 1 heterocycles. The molecule has 1 aliphatic heterocycles. The smallest absolute Gasteiger partial charge is 0.311 e. The fourth-order valence-electron chi connectivity index (χ4n) is 3.80. The van der Waals surface area contributed by atoms with Gasteiger partial charge in [0.25, 0.3) is 0 Å². The van der Waals surface area contributed by atoms with E-state index in [1.807, 2.05) is 0 Å². The Morgan fingerprint density at radius 1 is 0.839 bits per heavy atom. The first-order valence-corrected chi connectivity index (χ1v) is 20.2. The fourth-order valence-corrected chi connectivity index (χ4v) is 18.9. The minimum absolute atomic E-state index is 0. The third kappa shape index (κ3) is 17.5. The molecule has 0 aliphatic carbocycles. The van der Waals surface area contributed by atoms with Crippen molar-refractivity contribution in [3.05, 3.63) is 0 Å². The maximum Gasteiger partial charge on any atom is 0.311 e. The van der Waals surface area contributed by atoms with Crippen molar-refractivity contribution in [1.29, 1.82) is 0 Å². The van der Waals surface area contributed by atoms with Crippen molar-refractivity contribution in [2.24, 2.45) is 0 Å². The maximum absolute atomic E-state index is 8.86. The van der Waals surface area contributed by atoms with E-state index in [-0.39, 0.29) is 21.5 Å². The van der Waals surface area contributed by atoms with Crippen molar-refractivity contribution >= 4 is 25.2 Å². The number of unbranched alkanes of at least 4 members (excludes halogenated alkanes) is 1. The summed E-state index contributed by atoms with van der Waals surface area (Å²) in [5.74, 6) is 0. The van der Waals surface area contributed by atoms with E-state index < -0.39 is 25.2 Å². The zero-order valence-corrected chi connectivity index (χ0v) is 22.8. The Balaban J connectivity index is 0. The molecule has 0 spiro atoms. The number of ether oxygens (including phenoxy) is 3. The largest absolute Gasteiger partial charge is 0.437 e. The van der Waals surface area contributed by atoms with Gasteiger partial charge in [0.05, 0.1) is 26.4 Å². The van der Waals surface area contributed by atoms with Crippen LogP contribution in [0.2, 0.25) is 50.9 Å². The number of hydrogen-bond donors (Lipinski definition) is 1. The van der Waals surface area contributed by atoms with Crippen LogP contribution in [0.15, 0.2) is 0 Å². The van der Waals surface area contributed by atoms with Gasteiger partial charge >= 0.3 is 8.56 Å². The first kappa shape index (κ1) is 33.6. The highest BCUT2D eigenvalue weighted by Crippen LogP contribution is 2.29. The highest BCUT2D eigenvalue weighted by Gasteiger charge is 2.41. The summed E-state index contributed by atoms with van der Waals surface area (Å²) in [6.45, 7) is 17.3. The van der Waals surface area contributed by atoms with Crippen LogP contribution in [-0.2, 0) is 22.4 Å². The summed E-state index contributed by atoms with van der Waals surface area (Å²) in [4.78, 5) is 0. The summed E-state index contributed by atoms with van der Waals surface area (Å²) in [5, 5.41) is 8.86. The molecule has 2 atom stereocenters. The lowest BCUT2D eigenvalue weighted by Crippen LogP contribution is -2.53. The van der Waals surface area contributed by atoms with Crippen LogP contribution in [0.1, 0.15) is 47.5 Å². The molecule has 9 heteroatoms. The van der Waals surface area contributed by atoms with E-state index >= 15 is 0 Å². The molecule has 1 saturated heterocycles. The van der Waals surface area contributed by atoms with E-state index in [9.17, 15) is 0 Å². The van der Waals surface area contributed by atoms with Crippen molar-refractivity contribution in [3.63, 3.8) is 0 Å². The predicted octanol–water partition coefficient (Wildman–Crippen LogP) is 5.78.